The Bertz CT molecular complexity index is 325. The molecule has 0 radical (unpaired) electrons. The van der Waals surface area contributed by atoms with Gasteiger partial charge in [-0.1, -0.05) is 29.8 Å². The molecule has 1 N–H and O–H groups in total. The Hall–Kier alpha value is -0.410. The Morgan fingerprint density at radius 1 is 1.40 bits per heavy atom. The number of hydrogen-bond donors (Lipinski definition) is 1. The van der Waals surface area contributed by atoms with Crippen molar-refractivity contribution in [2.24, 2.45) is 5.92 Å². The highest BCUT2D eigenvalue weighted by atomic mass is 79.9. The average molecular weight is 274 g/mol. The third kappa shape index (κ3) is 3.58. The van der Waals surface area contributed by atoms with Gasteiger partial charge in [-0.3, -0.25) is 0 Å². The molecule has 0 aromatic heterocycles. The number of hydrogen-bond acceptors (Lipinski definition) is 1. The summed E-state index contributed by atoms with van der Waals surface area (Å²) >= 11 is 3.44. The van der Waals surface area contributed by atoms with E-state index in [4.69, 9.17) is 0 Å². The van der Waals surface area contributed by atoms with E-state index in [1.807, 2.05) is 7.05 Å². The topological polar surface area (TPSA) is 12.0 Å². The molecule has 84 valence electrons. The van der Waals surface area contributed by atoms with Crippen LogP contribution < -0.4 is 5.32 Å². The first-order chi connectivity index (χ1) is 7.04. The summed E-state index contributed by atoms with van der Waals surface area (Å²) in [5.41, 5.74) is 1.02. The zero-order chi connectivity index (χ0) is 11.4. The van der Waals surface area contributed by atoms with Gasteiger partial charge >= 0.3 is 0 Å². The first kappa shape index (κ1) is 12.7. The maximum absolute atomic E-state index is 13.1. The molecule has 0 aliphatic carbocycles. The van der Waals surface area contributed by atoms with E-state index in [0.29, 0.717) is 12.0 Å². The van der Waals surface area contributed by atoms with Crippen molar-refractivity contribution in [2.45, 2.75) is 26.3 Å². The van der Waals surface area contributed by atoms with E-state index in [9.17, 15) is 4.39 Å². The third-order valence-corrected chi connectivity index (χ3v) is 3.40. The molecule has 1 rings (SSSR count). The van der Waals surface area contributed by atoms with Gasteiger partial charge in [0.1, 0.15) is 5.82 Å². The van der Waals surface area contributed by atoms with Crippen molar-refractivity contribution in [3.05, 3.63) is 34.1 Å². The SMILES string of the molecule is CNC(Cc1cc(F)ccc1Br)C(C)C. The van der Waals surface area contributed by atoms with E-state index in [2.05, 4.69) is 35.1 Å². The summed E-state index contributed by atoms with van der Waals surface area (Å²) in [6, 6.07) is 5.20. The molecule has 1 atom stereocenters. The Balaban J connectivity index is 2.82. The summed E-state index contributed by atoms with van der Waals surface area (Å²) < 4.78 is 14.0. The number of nitrogens with one attached hydrogen (secondary N) is 1. The largest absolute Gasteiger partial charge is 0.316 e. The van der Waals surface area contributed by atoms with Crippen LogP contribution in [0.25, 0.3) is 0 Å². The van der Waals surface area contributed by atoms with E-state index in [1.54, 1.807) is 12.1 Å². The van der Waals surface area contributed by atoms with Crippen LogP contribution in [0.15, 0.2) is 22.7 Å². The lowest BCUT2D eigenvalue weighted by atomic mass is 9.96. The molecule has 0 fully saturated rings. The maximum Gasteiger partial charge on any atom is 0.123 e. The second kappa shape index (κ2) is 5.61. The number of benzene rings is 1. The van der Waals surface area contributed by atoms with Gasteiger partial charge in [0.25, 0.3) is 0 Å². The van der Waals surface area contributed by atoms with E-state index < -0.39 is 0 Å². The summed E-state index contributed by atoms with van der Waals surface area (Å²) in [6.07, 6.45) is 0.840. The van der Waals surface area contributed by atoms with Crippen LogP contribution in [-0.2, 0) is 6.42 Å². The van der Waals surface area contributed by atoms with Gasteiger partial charge in [0.05, 0.1) is 0 Å². The molecule has 0 aliphatic heterocycles. The molecule has 0 bridgehead atoms. The molecule has 1 unspecified atom stereocenters. The van der Waals surface area contributed by atoms with Crippen molar-refractivity contribution in [2.75, 3.05) is 7.05 Å². The van der Waals surface area contributed by atoms with Crippen LogP contribution >= 0.6 is 15.9 Å². The van der Waals surface area contributed by atoms with E-state index in [-0.39, 0.29) is 5.82 Å². The molecular formula is C12H17BrFN. The highest BCUT2D eigenvalue weighted by Gasteiger charge is 2.13. The van der Waals surface area contributed by atoms with Crippen LogP contribution in [0, 0.1) is 11.7 Å². The molecule has 1 aromatic rings. The quantitative estimate of drug-likeness (QED) is 0.887. The summed E-state index contributed by atoms with van der Waals surface area (Å²) in [5, 5.41) is 3.25. The zero-order valence-electron chi connectivity index (χ0n) is 9.35. The first-order valence-corrected chi connectivity index (χ1v) is 5.95. The summed E-state index contributed by atoms with van der Waals surface area (Å²) in [4.78, 5) is 0. The Morgan fingerprint density at radius 2 is 2.07 bits per heavy atom. The number of rotatable bonds is 4. The Kier molecular flexibility index (Phi) is 4.74. The van der Waals surface area contributed by atoms with Gasteiger partial charge in [-0.15, -0.1) is 0 Å². The summed E-state index contributed by atoms with van der Waals surface area (Å²) in [6.45, 7) is 4.32. The van der Waals surface area contributed by atoms with Gasteiger partial charge in [0.2, 0.25) is 0 Å². The summed E-state index contributed by atoms with van der Waals surface area (Å²) in [5.74, 6) is 0.358. The number of halogens is 2. The molecule has 15 heavy (non-hydrogen) atoms. The standard InChI is InChI=1S/C12H17BrFN/c1-8(2)12(15-3)7-9-6-10(14)4-5-11(9)13/h4-6,8,12,15H,7H2,1-3H3. The first-order valence-electron chi connectivity index (χ1n) is 5.15. The predicted octanol–water partition coefficient (Wildman–Crippen LogP) is 3.37. The molecule has 1 aromatic carbocycles. The minimum absolute atomic E-state index is 0.174. The Morgan fingerprint density at radius 3 is 2.60 bits per heavy atom. The fourth-order valence-electron chi connectivity index (χ4n) is 1.61. The van der Waals surface area contributed by atoms with Crippen molar-refractivity contribution >= 4 is 15.9 Å². The van der Waals surface area contributed by atoms with E-state index in [0.717, 1.165) is 16.5 Å². The summed E-state index contributed by atoms with van der Waals surface area (Å²) in [7, 11) is 1.94. The fraction of sp³-hybridized carbons (Fsp3) is 0.500. The van der Waals surface area contributed by atoms with Crippen LogP contribution in [0.3, 0.4) is 0 Å². The van der Waals surface area contributed by atoms with Crippen molar-refractivity contribution in [3.63, 3.8) is 0 Å². The van der Waals surface area contributed by atoms with Crippen molar-refractivity contribution in [1.82, 2.24) is 5.32 Å². The molecule has 3 heteroatoms. The second-order valence-corrected chi connectivity index (χ2v) is 4.93. The molecule has 0 saturated heterocycles. The smallest absolute Gasteiger partial charge is 0.123 e. The molecule has 1 nitrogen and oxygen atoms in total. The van der Waals surface area contributed by atoms with Crippen LogP contribution in [0.2, 0.25) is 0 Å². The van der Waals surface area contributed by atoms with Gasteiger partial charge in [-0.2, -0.15) is 0 Å². The van der Waals surface area contributed by atoms with E-state index >= 15 is 0 Å². The van der Waals surface area contributed by atoms with Gasteiger partial charge in [0, 0.05) is 10.5 Å². The monoisotopic (exact) mass is 273 g/mol. The molecule has 0 spiro atoms. The van der Waals surface area contributed by atoms with Crippen LogP contribution in [0.5, 0.6) is 0 Å². The van der Waals surface area contributed by atoms with Gasteiger partial charge < -0.3 is 5.32 Å². The Labute approximate surface area is 99.2 Å². The van der Waals surface area contributed by atoms with E-state index in [1.165, 1.54) is 6.07 Å². The number of likely N-dealkylation sites (N-methyl/N-ethyl adjacent to an activating group) is 1. The second-order valence-electron chi connectivity index (χ2n) is 4.08. The highest BCUT2D eigenvalue weighted by molar-refractivity contribution is 9.10. The fourth-order valence-corrected chi connectivity index (χ4v) is 2.02. The lowest BCUT2D eigenvalue weighted by molar-refractivity contribution is 0.423. The van der Waals surface area contributed by atoms with Gasteiger partial charge in [0.15, 0.2) is 0 Å². The lowest BCUT2D eigenvalue weighted by Crippen LogP contribution is -2.32. The average Bonchev–Trinajstić information content (AvgIpc) is 2.18. The highest BCUT2D eigenvalue weighted by Crippen LogP contribution is 2.21. The lowest BCUT2D eigenvalue weighted by Gasteiger charge is -2.20. The molecule has 0 amide bonds. The molecule has 0 aliphatic rings. The van der Waals surface area contributed by atoms with Crippen molar-refractivity contribution < 1.29 is 4.39 Å². The van der Waals surface area contributed by atoms with Crippen molar-refractivity contribution in [3.8, 4) is 0 Å². The van der Waals surface area contributed by atoms with Crippen LogP contribution in [0.4, 0.5) is 4.39 Å². The zero-order valence-corrected chi connectivity index (χ0v) is 10.9. The van der Waals surface area contributed by atoms with Crippen molar-refractivity contribution in [1.29, 1.82) is 0 Å². The van der Waals surface area contributed by atoms with Gasteiger partial charge in [-0.05, 0) is 43.1 Å². The normalized spacial score (nSPS) is 13.2. The molecule has 0 saturated carbocycles. The predicted molar refractivity (Wildman–Crippen MR) is 65.5 cm³/mol. The minimum Gasteiger partial charge on any atom is -0.316 e. The molecular weight excluding hydrogens is 257 g/mol. The molecule has 0 heterocycles. The van der Waals surface area contributed by atoms with Crippen LogP contribution in [0.1, 0.15) is 19.4 Å². The third-order valence-electron chi connectivity index (χ3n) is 2.62. The maximum atomic E-state index is 13.1. The van der Waals surface area contributed by atoms with Crippen LogP contribution in [-0.4, -0.2) is 13.1 Å². The van der Waals surface area contributed by atoms with Gasteiger partial charge in [-0.25, -0.2) is 4.39 Å². The minimum atomic E-state index is -0.174.